The summed E-state index contributed by atoms with van der Waals surface area (Å²) >= 11 is 10.2. The summed E-state index contributed by atoms with van der Waals surface area (Å²) < 4.78 is 0. The second-order valence-corrected chi connectivity index (χ2v) is 4.16. The first-order chi connectivity index (χ1) is 8.93. The van der Waals surface area contributed by atoms with Crippen molar-refractivity contribution in [3.63, 3.8) is 0 Å². The molecular formula is C10H10Cl2CoO8. The first-order valence-corrected chi connectivity index (χ1v) is 5.64. The van der Waals surface area contributed by atoms with Gasteiger partial charge in [-0.2, -0.15) is 0 Å². The molecule has 0 amide bonds. The Labute approximate surface area is 139 Å². The third kappa shape index (κ3) is 10.1. The Morgan fingerprint density at radius 2 is 0.905 bits per heavy atom. The summed E-state index contributed by atoms with van der Waals surface area (Å²) in [6.45, 7) is 2.11. The number of carbonyl (C=O) groups excluding carboxylic acids is 4. The molecule has 2 N–H and O–H groups in total. The molecule has 0 aliphatic rings. The summed E-state index contributed by atoms with van der Waals surface area (Å²) in [5.41, 5.74) is 0. The van der Waals surface area contributed by atoms with Crippen LogP contribution < -0.4 is 0 Å². The SMILES string of the molecule is CC(=O)C(Cl)C(=O)C(=O)O.CC(=O)C(Cl)C(=O)C(=O)O.[Co]. The fraction of sp³-hybridized carbons (Fsp3) is 0.400. The zero-order valence-corrected chi connectivity index (χ0v) is 13.1. The van der Waals surface area contributed by atoms with Crippen LogP contribution in [-0.4, -0.2) is 56.0 Å². The molecule has 8 nitrogen and oxygen atoms in total. The number of ketones is 4. The van der Waals surface area contributed by atoms with Gasteiger partial charge in [0.05, 0.1) is 0 Å². The largest absolute Gasteiger partial charge is 0.475 e. The molecule has 1 radical (unpaired) electrons. The predicted molar refractivity (Wildman–Crippen MR) is 65.9 cm³/mol. The Morgan fingerprint density at radius 1 is 0.714 bits per heavy atom. The van der Waals surface area contributed by atoms with Gasteiger partial charge in [-0.05, 0) is 13.8 Å². The fourth-order valence-corrected chi connectivity index (χ4v) is 0.773. The number of halogens is 2. The standard InChI is InChI=1S/2C5H5ClO4.Co/c2*1-2(7)3(6)4(8)5(9)10;/h2*3H,1H3,(H,9,10);. The van der Waals surface area contributed by atoms with Gasteiger partial charge in [-0.1, -0.05) is 0 Å². The number of carbonyl (C=O) groups is 6. The topological polar surface area (TPSA) is 143 Å². The molecule has 0 aromatic rings. The minimum atomic E-state index is -1.68. The van der Waals surface area contributed by atoms with Crippen LogP contribution in [-0.2, 0) is 45.5 Å². The van der Waals surface area contributed by atoms with Gasteiger partial charge in [-0.15, -0.1) is 23.2 Å². The van der Waals surface area contributed by atoms with Crippen molar-refractivity contribution in [3.8, 4) is 0 Å². The molecule has 0 fully saturated rings. The number of carboxylic acid groups (broad SMARTS) is 2. The summed E-state index contributed by atoms with van der Waals surface area (Å²) in [7, 11) is 0. The third-order valence-corrected chi connectivity index (χ3v) is 2.61. The van der Waals surface area contributed by atoms with E-state index in [1.165, 1.54) is 0 Å². The molecule has 2 unspecified atom stereocenters. The minimum absolute atomic E-state index is 0. The number of hydrogen-bond donors (Lipinski definition) is 2. The zero-order valence-electron chi connectivity index (χ0n) is 10.6. The summed E-state index contributed by atoms with van der Waals surface area (Å²) in [4.78, 5) is 60.9. The minimum Gasteiger partial charge on any atom is -0.475 e. The van der Waals surface area contributed by atoms with Gasteiger partial charge in [0.2, 0.25) is 0 Å². The van der Waals surface area contributed by atoms with E-state index in [-0.39, 0.29) is 16.8 Å². The van der Waals surface area contributed by atoms with Crippen LogP contribution in [0.1, 0.15) is 13.8 Å². The van der Waals surface area contributed by atoms with Crippen molar-refractivity contribution >= 4 is 58.3 Å². The normalized spacial score (nSPS) is 11.6. The van der Waals surface area contributed by atoms with E-state index in [0.29, 0.717) is 0 Å². The smallest absolute Gasteiger partial charge is 0.374 e. The van der Waals surface area contributed by atoms with Crippen molar-refractivity contribution in [1.29, 1.82) is 0 Å². The molecule has 0 bridgehead atoms. The quantitative estimate of drug-likeness (QED) is 0.358. The van der Waals surface area contributed by atoms with Crippen LogP contribution >= 0.6 is 23.2 Å². The van der Waals surface area contributed by atoms with Crippen molar-refractivity contribution < 1.29 is 55.8 Å². The monoisotopic (exact) mass is 387 g/mol. The molecule has 0 aliphatic heterocycles. The Hall–Kier alpha value is -1.29. The van der Waals surface area contributed by atoms with Gasteiger partial charge in [0.15, 0.2) is 22.3 Å². The van der Waals surface area contributed by atoms with Crippen molar-refractivity contribution in [1.82, 2.24) is 0 Å². The van der Waals surface area contributed by atoms with E-state index in [1.54, 1.807) is 0 Å². The van der Waals surface area contributed by atoms with Gasteiger partial charge in [0.25, 0.3) is 11.6 Å². The number of alkyl halides is 2. The van der Waals surface area contributed by atoms with Crippen LogP contribution in [0.15, 0.2) is 0 Å². The summed E-state index contributed by atoms with van der Waals surface area (Å²) in [6, 6.07) is 0. The van der Waals surface area contributed by atoms with Crippen molar-refractivity contribution in [2.24, 2.45) is 0 Å². The molecule has 0 heterocycles. The van der Waals surface area contributed by atoms with Gasteiger partial charge in [-0.25, -0.2) is 9.59 Å². The Balaban J connectivity index is -0.000000295. The Kier molecular flexibility index (Phi) is 13.4. The molecule has 121 valence electrons. The summed E-state index contributed by atoms with van der Waals surface area (Å²) in [5, 5.41) is 12.9. The third-order valence-electron chi connectivity index (χ3n) is 1.60. The molecule has 2 atom stereocenters. The molecule has 21 heavy (non-hydrogen) atoms. The van der Waals surface area contributed by atoms with Crippen LogP contribution in [0.3, 0.4) is 0 Å². The number of rotatable bonds is 6. The van der Waals surface area contributed by atoms with E-state index in [9.17, 15) is 28.8 Å². The van der Waals surface area contributed by atoms with Crippen LogP contribution in [0, 0.1) is 0 Å². The summed E-state index contributed by atoms with van der Waals surface area (Å²) in [6.07, 6.45) is 0. The maximum absolute atomic E-state index is 10.3. The molecule has 11 heteroatoms. The Bertz CT molecular complexity index is 420. The average molecular weight is 388 g/mol. The van der Waals surface area contributed by atoms with E-state index >= 15 is 0 Å². The average Bonchev–Trinajstić information content (AvgIpc) is 2.35. The van der Waals surface area contributed by atoms with Gasteiger partial charge < -0.3 is 10.2 Å². The summed E-state index contributed by atoms with van der Waals surface area (Å²) in [5.74, 6) is -7.25. The van der Waals surface area contributed by atoms with Gasteiger partial charge in [0, 0.05) is 16.8 Å². The van der Waals surface area contributed by atoms with E-state index < -0.39 is 45.8 Å². The van der Waals surface area contributed by atoms with Gasteiger partial charge in [-0.3, -0.25) is 19.2 Å². The first kappa shape index (κ1) is 24.7. The first-order valence-electron chi connectivity index (χ1n) is 4.76. The number of Topliss-reactive ketones (excluding diaryl/α,β-unsaturated/α-hetero) is 4. The van der Waals surface area contributed by atoms with E-state index in [2.05, 4.69) is 0 Å². The fourth-order valence-electron chi connectivity index (χ4n) is 0.586. The van der Waals surface area contributed by atoms with Crippen LogP contribution in [0.25, 0.3) is 0 Å². The van der Waals surface area contributed by atoms with Gasteiger partial charge >= 0.3 is 11.9 Å². The molecule has 0 aromatic carbocycles. The maximum atomic E-state index is 10.3. The number of carboxylic acids is 2. The molecule has 0 rings (SSSR count). The number of aliphatic carboxylic acids is 2. The second-order valence-electron chi connectivity index (χ2n) is 3.29. The van der Waals surface area contributed by atoms with Crippen molar-refractivity contribution in [2.45, 2.75) is 24.6 Å². The molecular weight excluding hydrogens is 378 g/mol. The zero-order chi connectivity index (χ0) is 16.6. The van der Waals surface area contributed by atoms with Crippen molar-refractivity contribution in [2.75, 3.05) is 0 Å². The van der Waals surface area contributed by atoms with Crippen LogP contribution in [0.5, 0.6) is 0 Å². The predicted octanol–water partition coefficient (Wildman–Crippen LogP) is -0.330. The number of hydrogen-bond acceptors (Lipinski definition) is 6. The molecule has 0 saturated carbocycles. The maximum Gasteiger partial charge on any atom is 0.374 e. The molecule has 0 aliphatic carbocycles. The Morgan fingerprint density at radius 3 is 0.952 bits per heavy atom. The van der Waals surface area contributed by atoms with Crippen molar-refractivity contribution in [3.05, 3.63) is 0 Å². The van der Waals surface area contributed by atoms with Crippen LogP contribution in [0.4, 0.5) is 0 Å². The van der Waals surface area contributed by atoms with E-state index in [4.69, 9.17) is 33.4 Å². The second kappa shape index (κ2) is 11.4. The van der Waals surface area contributed by atoms with Crippen LogP contribution in [0.2, 0.25) is 0 Å². The van der Waals surface area contributed by atoms with Gasteiger partial charge in [0.1, 0.15) is 0 Å². The molecule has 0 aromatic heterocycles. The molecule has 0 saturated heterocycles. The molecule has 0 spiro atoms. The van der Waals surface area contributed by atoms with E-state index in [0.717, 1.165) is 13.8 Å². The van der Waals surface area contributed by atoms with E-state index in [1.807, 2.05) is 0 Å².